The van der Waals surface area contributed by atoms with E-state index in [2.05, 4.69) is 20.4 Å². The van der Waals surface area contributed by atoms with Gasteiger partial charge >= 0.3 is 6.03 Å². The van der Waals surface area contributed by atoms with Crippen LogP contribution in [0.2, 0.25) is 0 Å². The Morgan fingerprint density at radius 1 is 1.10 bits per heavy atom. The molecular formula is C22H24FN5O2. The van der Waals surface area contributed by atoms with Crippen LogP contribution in [0.4, 0.5) is 14.9 Å². The average Bonchev–Trinajstić information content (AvgIpc) is 3.20. The Kier molecular flexibility index (Phi) is 5.76. The van der Waals surface area contributed by atoms with E-state index in [1.807, 2.05) is 36.9 Å². The predicted octanol–water partition coefficient (Wildman–Crippen LogP) is 3.84. The third-order valence-electron chi connectivity index (χ3n) is 5.28. The van der Waals surface area contributed by atoms with Crippen LogP contribution < -0.4 is 5.32 Å². The minimum atomic E-state index is -0.345. The second-order valence-corrected chi connectivity index (χ2v) is 7.49. The molecule has 1 aliphatic rings. The van der Waals surface area contributed by atoms with Crippen LogP contribution in [0.3, 0.4) is 0 Å². The quantitative estimate of drug-likeness (QED) is 0.709. The Labute approximate surface area is 174 Å². The molecule has 0 radical (unpaired) electrons. The molecule has 1 aliphatic heterocycles. The highest BCUT2D eigenvalue weighted by atomic mass is 19.1. The smallest absolute Gasteiger partial charge is 0.321 e. The zero-order chi connectivity index (χ0) is 21.1. The van der Waals surface area contributed by atoms with E-state index in [0.717, 1.165) is 16.8 Å². The van der Waals surface area contributed by atoms with Gasteiger partial charge in [0.15, 0.2) is 5.82 Å². The van der Waals surface area contributed by atoms with Crippen molar-refractivity contribution in [2.45, 2.75) is 20.4 Å². The molecule has 0 bridgehead atoms. The second kappa shape index (κ2) is 8.62. The summed E-state index contributed by atoms with van der Waals surface area (Å²) >= 11 is 0. The monoisotopic (exact) mass is 409 g/mol. The normalized spacial score (nSPS) is 14.7. The highest BCUT2D eigenvalue weighted by Gasteiger charge is 2.23. The van der Waals surface area contributed by atoms with E-state index in [1.54, 1.807) is 12.1 Å². The van der Waals surface area contributed by atoms with Gasteiger partial charge in [-0.1, -0.05) is 29.4 Å². The van der Waals surface area contributed by atoms with Gasteiger partial charge in [-0.3, -0.25) is 4.90 Å². The van der Waals surface area contributed by atoms with Crippen LogP contribution in [0.15, 0.2) is 47.0 Å². The van der Waals surface area contributed by atoms with Gasteiger partial charge in [0.1, 0.15) is 5.82 Å². The first kappa shape index (κ1) is 20.0. The summed E-state index contributed by atoms with van der Waals surface area (Å²) < 4.78 is 18.6. The molecule has 4 rings (SSSR count). The molecule has 2 aromatic carbocycles. The number of piperazine rings is 1. The molecule has 1 aromatic heterocycles. The minimum absolute atomic E-state index is 0.0833. The SMILES string of the molecule is Cc1cccc(C)c1NC(=O)N1CCN(Cc2noc(-c3cccc(F)c3)n2)CC1. The number of benzene rings is 2. The van der Waals surface area contributed by atoms with Crippen LogP contribution in [-0.4, -0.2) is 52.2 Å². The molecular weight excluding hydrogens is 385 g/mol. The maximum atomic E-state index is 13.4. The Balaban J connectivity index is 1.31. The summed E-state index contributed by atoms with van der Waals surface area (Å²) in [6, 6.07) is 12.0. The van der Waals surface area contributed by atoms with Crippen molar-refractivity contribution in [2.75, 3.05) is 31.5 Å². The van der Waals surface area contributed by atoms with Crippen molar-refractivity contribution in [3.05, 3.63) is 65.2 Å². The molecule has 30 heavy (non-hydrogen) atoms. The number of nitrogens with zero attached hydrogens (tertiary/aromatic N) is 4. The number of nitrogens with one attached hydrogen (secondary N) is 1. The molecule has 156 valence electrons. The Bertz CT molecular complexity index is 1020. The van der Waals surface area contributed by atoms with E-state index in [1.165, 1.54) is 12.1 Å². The minimum Gasteiger partial charge on any atom is -0.334 e. The van der Waals surface area contributed by atoms with Crippen LogP contribution in [-0.2, 0) is 6.54 Å². The summed E-state index contributed by atoms with van der Waals surface area (Å²) in [7, 11) is 0. The number of rotatable bonds is 4. The molecule has 1 saturated heterocycles. The van der Waals surface area contributed by atoms with Gasteiger partial charge < -0.3 is 14.7 Å². The van der Waals surface area contributed by atoms with Crippen molar-refractivity contribution in [3.8, 4) is 11.5 Å². The molecule has 0 saturated carbocycles. The van der Waals surface area contributed by atoms with Gasteiger partial charge in [0.2, 0.25) is 0 Å². The number of amides is 2. The lowest BCUT2D eigenvalue weighted by Gasteiger charge is -2.34. The van der Waals surface area contributed by atoms with Gasteiger partial charge in [0.05, 0.1) is 6.54 Å². The zero-order valence-electron chi connectivity index (χ0n) is 17.1. The summed E-state index contributed by atoms with van der Waals surface area (Å²) in [5, 5.41) is 7.04. The van der Waals surface area contributed by atoms with Crippen molar-refractivity contribution in [2.24, 2.45) is 0 Å². The summed E-state index contributed by atoms with van der Waals surface area (Å²) in [6.45, 7) is 7.16. The number of hydrogen-bond acceptors (Lipinski definition) is 5. The van der Waals surface area contributed by atoms with Crippen LogP contribution in [0.5, 0.6) is 0 Å². The fourth-order valence-corrected chi connectivity index (χ4v) is 3.56. The molecule has 1 N–H and O–H groups in total. The van der Waals surface area contributed by atoms with E-state index >= 15 is 0 Å². The number of para-hydroxylation sites is 1. The van der Waals surface area contributed by atoms with E-state index in [-0.39, 0.29) is 11.8 Å². The molecule has 3 aromatic rings. The lowest BCUT2D eigenvalue weighted by molar-refractivity contribution is 0.140. The van der Waals surface area contributed by atoms with Crippen LogP contribution in [0.1, 0.15) is 17.0 Å². The van der Waals surface area contributed by atoms with E-state index in [0.29, 0.717) is 50.0 Å². The molecule has 8 heteroatoms. The highest BCUT2D eigenvalue weighted by Crippen LogP contribution is 2.21. The number of aryl methyl sites for hydroxylation is 2. The first-order valence-electron chi connectivity index (χ1n) is 9.92. The molecule has 0 spiro atoms. The zero-order valence-corrected chi connectivity index (χ0v) is 17.1. The third-order valence-corrected chi connectivity index (χ3v) is 5.28. The number of carbonyl (C=O) groups excluding carboxylic acids is 1. The number of hydrogen-bond donors (Lipinski definition) is 1. The fraction of sp³-hybridized carbons (Fsp3) is 0.318. The molecule has 7 nitrogen and oxygen atoms in total. The lowest BCUT2D eigenvalue weighted by atomic mass is 10.1. The molecule has 1 fully saturated rings. The number of carbonyl (C=O) groups is 1. The number of anilines is 1. The van der Waals surface area contributed by atoms with Crippen LogP contribution in [0, 0.1) is 19.7 Å². The highest BCUT2D eigenvalue weighted by molar-refractivity contribution is 5.91. The van der Waals surface area contributed by atoms with E-state index in [4.69, 9.17) is 4.52 Å². The van der Waals surface area contributed by atoms with Gasteiger partial charge in [-0.25, -0.2) is 9.18 Å². The summed E-state index contributed by atoms with van der Waals surface area (Å²) in [5.74, 6) is 0.501. The molecule has 0 unspecified atom stereocenters. The Morgan fingerprint density at radius 3 is 2.50 bits per heavy atom. The Hall–Kier alpha value is -3.26. The van der Waals surface area contributed by atoms with Gasteiger partial charge in [0.25, 0.3) is 5.89 Å². The van der Waals surface area contributed by atoms with Crippen molar-refractivity contribution >= 4 is 11.7 Å². The van der Waals surface area contributed by atoms with Gasteiger partial charge in [0, 0.05) is 37.4 Å². The van der Waals surface area contributed by atoms with Crippen molar-refractivity contribution in [1.82, 2.24) is 19.9 Å². The van der Waals surface area contributed by atoms with Crippen molar-refractivity contribution in [1.29, 1.82) is 0 Å². The predicted molar refractivity (Wildman–Crippen MR) is 111 cm³/mol. The Morgan fingerprint density at radius 2 is 1.80 bits per heavy atom. The van der Waals surface area contributed by atoms with Crippen LogP contribution in [0.25, 0.3) is 11.5 Å². The summed E-state index contributed by atoms with van der Waals surface area (Å²) in [4.78, 5) is 21.0. The molecule has 0 atom stereocenters. The fourth-order valence-electron chi connectivity index (χ4n) is 3.56. The second-order valence-electron chi connectivity index (χ2n) is 7.49. The standard InChI is InChI=1S/C22H24FN5O2/c1-15-5-3-6-16(2)20(15)25-22(29)28-11-9-27(10-12-28)14-19-24-21(30-26-19)17-7-4-8-18(23)13-17/h3-8,13H,9-12,14H2,1-2H3,(H,25,29). The van der Waals surface area contributed by atoms with Crippen LogP contribution >= 0.6 is 0 Å². The summed E-state index contributed by atoms with van der Waals surface area (Å²) in [6.07, 6.45) is 0. The molecule has 0 aliphatic carbocycles. The number of halogens is 1. The number of aromatic nitrogens is 2. The maximum Gasteiger partial charge on any atom is 0.321 e. The van der Waals surface area contributed by atoms with Gasteiger partial charge in [-0.15, -0.1) is 0 Å². The lowest BCUT2D eigenvalue weighted by Crippen LogP contribution is -2.49. The van der Waals surface area contributed by atoms with E-state index in [9.17, 15) is 9.18 Å². The van der Waals surface area contributed by atoms with Crippen molar-refractivity contribution < 1.29 is 13.7 Å². The average molecular weight is 409 g/mol. The van der Waals surface area contributed by atoms with Gasteiger partial charge in [-0.2, -0.15) is 4.98 Å². The number of urea groups is 1. The summed E-state index contributed by atoms with van der Waals surface area (Å²) in [5.41, 5.74) is 3.53. The van der Waals surface area contributed by atoms with E-state index < -0.39 is 0 Å². The largest absolute Gasteiger partial charge is 0.334 e. The first-order chi connectivity index (χ1) is 14.5. The molecule has 2 amide bonds. The first-order valence-corrected chi connectivity index (χ1v) is 9.92. The van der Waals surface area contributed by atoms with Gasteiger partial charge in [-0.05, 0) is 43.2 Å². The van der Waals surface area contributed by atoms with Crippen molar-refractivity contribution in [3.63, 3.8) is 0 Å². The molecule has 2 heterocycles. The maximum absolute atomic E-state index is 13.4. The topological polar surface area (TPSA) is 74.5 Å². The third kappa shape index (κ3) is 4.49.